The maximum absolute atomic E-state index is 11.5. The number of fused-ring (bicyclic) bond motifs is 1. The minimum atomic E-state index is -0.456. The van der Waals surface area contributed by atoms with E-state index in [-0.39, 0.29) is 12.4 Å². The summed E-state index contributed by atoms with van der Waals surface area (Å²) in [6.45, 7) is 0.276. The highest BCUT2D eigenvalue weighted by atomic mass is 16.5. The third-order valence-corrected chi connectivity index (χ3v) is 3.55. The molecule has 0 saturated carbocycles. The quantitative estimate of drug-likeness (QED) is 0.506. The van der Waals surface area contributed by atoms with Gasteiger partial charge in [0.15, 0.2) is 5.76 Å². The Bertz CT molecular complexity index is 634. The molecule has 1 aromatic heterocycles. The van der Waals surface area contributed by atoms with Gasteiger partial charge in [-0.3, -0.25) is 10.2 Å². The molecule has 104 valence electrons. The summed E-state index contributed by atoms with van der Waals surface area (Å²) in [4.78, 5) is 11.5. The standard InChI is InChI=1S/C15H16N2O3/c16-17-15(18)14-12(6-7-19-14)9-20-13-5-4-10-2-1-3-11(10)8-13/h4-8H,1-3,9,16H2,(H,17,18). The van der Waals surface area contributed by atoms with Crippen LogP contribution in [0.4, 0.5) is 0 Å². The number of hydrogen-bond donors (Lipinski definition) is 2. The summed E-state index contributed by atoms with van der Waals surface area (Å²) >= 11 is 0. The van der Waals surface area contributed by atoms with Gasteiger partial charge in [-0.25, -0.2) is 5.84 Å². The average Bonchev–Trinajstić information content (AvgIpc) is 3.12. The van der Waals surface area contributed by atoms with Crippen LogP contribution in [0.3, 0.4) is 0 Å². The largest absolute Gasteiger partial charge is 0.489 e. The lowest BCUT2D eigenvalue weighted by Crippen LogP contribution is -2.30. The number of hydrazine groups is 1. The summed E-state index contributed by atoms with van der Waals surface area (Å²) in [5, 5.41) is 0. The summed E-state index contributed by atoms with van der Waals surface area (Å²) in [7, 11) is 0. The van der Waals surface area contributed by atoms with E-state index in [2.05, 4.69) is 17.6 Å². The highest BCUT2D eigenvalue weighted by Gasteiger charge is 2.15. The van der Waals surface area contributed by atoms with Gasteiger partial charge in [0, 0.05) is 5.56 Å². The number of hydrogen-bond acceptors (Lipinski definition) is 4. The van der Waals surface area contributed by atoms with Crippen molar-refractivity contribution >= 4 is 5.91 Å². The van der Waals surface area contributed by atoms with Gasteiger partial charge in [-0.15, -0.1) is 0 Å². The fourth-order valence-corrected chi connectivity index (χ4v) is 2.51. The zero-order chi connectivity index (χ0) is 13.9. The minimum Gasteiger partial charge on any atom is -0.489 e. The molecule has 1 aliphatic rings. The first kappa shape index (κ1) is 12.7. The van der Waals surface area contributed by atoms with Gasteiger partial charge in [-0.05, 0) is 48.6 Å². The van der Waals surface area contributed by atoms with E-state index in [0.717, 1.165) is 18.6 Å². The lowest BCUT2D eigenvalue weighted by molar-refractivity contribution is 0.0922. The van der Waals surface area contributed by atoms with E-state index < -0.39 is 5.91 Å². The molecule has 5 nitrogen and oxygen atoms in total. The van der Waals surface area contributed by atoms with Gasteiger partial charge < -0.3 is 9.15 Å². The number of ether oxygens (including phenoxy) is 1. The van der Waals surface area contributed by atoms with Crippen LogP contribution in [0.1, 0.15) is 33.7 Å². The predicted molar refractivity (Wildman–Crippen MR) is 73.2 cm³/mol. The molecule has 0 fully saturated rings. The summed E-state index contributed by atoms with van der Waals surface area (Å²) in [6.07, 6.45) is 4.92. The number of rotatable bonds is 4. The van der Waals surface area contributed by atoms with Crippen molar-refractivity contribution in [2.45, 2.75) is 25.9 Å². The van der Waals surface area contributed by atoms with E-state index in [9.17, 15) is 4.79 Å². The number of furan rings is 1. The Morgan fingerprint density at radius 2 is 2.15 bits per heavy atom. The zero-order valence-electron chi connectivity index (χ0n) is 11.0. The second-order valence-electron chi connectivity index (χ2n) is 4.82. The molecule has 1 heterocycles. The fraction of sp³-hybridized carbons (Fsp3) is 0.267. The normalized spacial score (nSPS) is 13.1. The van der Waals surface area contributed by atoms with Crippen LogP contribution in [0.5, 0.6) is 5.75 Å². The summed E-state index contributed by atoms with van der Waals surface area (Å²) in [5.41, 5.74) is 5.49. The Hall–Kier alpha value is -2.27. The monoisotopic (exact) mass is 272 g/mol. The topological polar surface area (TPSA) is 77.5 Å². The van der Waals surface area contributed by atoms with Crippen molar-refractivity contribution in [3.8, 4) is 5.75 Å². The molecule has 3 N–H and O–H groups in total. The van der Waals surface area contributed by atoms with E-state index in [1.807, 2.05) is 6.07 Å². The van der Waals surface area contributed by atoms with Crippen LogP contribution in [0, 0.1) is 0 Å². The highest BCUT2D eigenvalue weighted by Crippen LogP contribution is 2.26. The number of carbonyl (C=O) groups excluding carboxylic acids is 1. The van der Waals surface area contributed by atoms with Crippen molar-refractivity contribution in [1.29, 1.82) is 0 Å². The number of amides is 1. The van der Waals surface area contributed by atoms with E-state index in [1.54, 1.807) is 6.07 Å². The van der Waals surface area contributed by atoms with Crippen LogP contribution in [0.2, 0.25) is 0 Å². The Morgan fingerprint density at radius 3 is 3.00 bits per heavy atom. The smallest absolute Gasteiger partial charge is 0.301 e. The fourth-order valence-electron chi connectivity index (χ4n) is 2.51. The van der Waals surface area contributed by atoms with Crippen molar-refractivity contribution in [2.24, 2.45) is 5.84 Å². The summed E-state index contributed by atoms with van der Waals surface area (Å²) in [6, 6.07) is 7.86. The molecule has 0 unspecified atom stereocenters. The number of nitrogens with one attached hydrogen (secondary N) is 1. The first-order valence-corrected chi connectivity index (χ1v) is 6.60. The van der Waals surface area contributed by atoms with Crippen molar-refractivity contribution in [1.82, 2.24) is 5.43 Å². The Kier molecular flexibility index (Phi) is 3.43. The van der Waals surface area contributed by atoms with Gasteiger partial charge in [-0.1, -0.05) is 6.07 Å². The van der Waals surface area contributed by atoms with Crippen LogP contribution in [0.25, 0.3) is 0 Å². The highest BCUT2D eigenvalue weighted by molar-refractivity contribution is 5.92. The van der Waals surface area contributed by atoms with Gasteiger partial charge in [0.2, 0.25) is 0 Å². The molecule has 0 aliphatic heterocycles. The van der Waals surface area contributed by atoms with Crippen LogP contribution in [-0.4, -0.2) is 5.91 Å². The molecular formula is C15H16N2O3. The summed E-state index contributed by atoms with van der Waals surface area (Å²) < 4.78 is 10.8. The summed E-state index contributed by atoms with van der Waals surface area (Å²) in [5.74, 6) is 5.64. The average molecular weight is 272 g/mol. The van der Waals surface area contributed by atoms with Gasteiger partial charge in [0.1, 0.15) is 12.4 Å². The molecule has 0 atom stereocenters. The van der Waals surface area contributed by atoms with Crippen molar-refractivity contribution in [2.75, 3.05) is 0 Å². The SMILES string of the molecule is NNC(=O)c1occc1COc1ccc2c(c1)CCC2. The first-order chi connectivity index (χ1) is 9.78. The van der Waals surface area contributed by atoms with E-state index in [0.29, 0.717) is 5.56 Å². The molecule has 1 aromatic carbocycles. The van der Waals surface area contributed by atoms with E-state index >= 15 is 0 Å². The Morgan fingerprint density at radius 1 is 1.30 bits per heavy atom. The zero-order valence-corrected chi connectivity index (χ0v) is 11.0. The Labute approximate surface area is 116 Å². The first-order valence-electron chi connectivity index (χ1n) is 6.60. The maximum atomic E-state index is 11.5. The van der Waals surface area contributed by atoms with Crippen LogP contribution in [0.15, 0.2) is 34.9 Å². The molecule has 0 radical (unpaired) electrons. The molecule has 0 saturated heterocycles. The number of aryl methyl sites for hydroxylation is 2. The Balaban J connectivity index is 1.71. The molecule has 1 amide bonds. The lowest BCUT2D eigenvalue weighted by atomic mass is 10.1. The molecule has 20 heavy (non-hydrogen) atoms. The van der Waals surface area contributed by atoms with Gasteiger partial charge >= 0.3 is 5.91 Å². The second-order valence-corrected chi connectivity index (χ2v) is 4.82. The minimum absolute atomic E-state index is 0.189. The molecule has 3 rings (SSSR count). The number of carbonyl (C=O) groups is 1. The molecule has 1 aliphatic carbocycles. The number of nitrogen functional groups attached to an aromatic ring is 1. The van der Waals surface area contributed by atoms with Gasteiger partial charge in [0.05, 0.1) is 6.26 Å². The van der Waals surface area contributed by atoms with Crippen molar-refractivity contribution < 1.29 is 13.9 Å². The van der Waals surface area contributed by atoms with Crippen LogP contribution in [-0.2, 0) is 19.4 Å². The third kappa shape index (κ3) is 2.40. The number of benzene rings is 1. The van der Waals surface area contributed by atoms with E-state index in [4.69, 9.17) is 15.0 Å². The molecule has 0 bridgehead atoms. The number of nitrogens with two attached hydrogens (primary N) is 1. The molecular weight excluding hydrogens is 256 g/mol. The van der Waals surface area contributed by atoms with Crippen molar-refractivity contribution in [3.05, 3.63) is 53.0 Å². The van der Waals surface area contributed by atoms with Gasteiger partial charge in [-0.2, -0.15) is 0 Å². The molecule has 5 heteroatoms. The molecule has 2 aromatic rings. The lowest BCUT2D eigenvalue weighted by Gasteiger charge is -2.08. The molecule has 0 spiro atoms. The maximum Gasteiger partial charge on any atom is 0.301 e. The van der Waals surface area contributed by atoms with Crippen LogP contribution < -0.4 is 16.0 Å². The van der Waals surface area contributed by atoms with Crippen molar-refractivity contribution in [3.63, 3.8) is 0 Å². The van der Waals surface area contributed by atoms with Gasteiger partial charge in [0.25, 0.3) is 0 Å². The van der Waals surface area contributed by atoms with Crippen LogP contribution >= 0.6 is 0 Å². The third-order valence-electron chi connectivity index (χ3n) is 3.55. The van der Waals surface area contributed by atoms with E-state index in [1.165, 1.54) is 23.8 Å². The second kappa shape index (κ2) is 5.38. The predicted octanol–water partition coefficient (Wildman–Crippen LogP) is 1.95.